The Morgan fingerprint density at radius 1 is 1.50 bits per heavy atom. The van der Waals surface area contributed by atoms with Gasteiger partial charge in [-0.1, -0.05) is 12.8 Å². The Morgan fingerprint density at radius 2 is 2.36 bits per heavy atom. The van der Waals surface area contributed by atoms with E-state index in [1.807, 2.05) is 0 Å². The first-order chi connectivity index (χ1) is 6.84. The largest absolute Gasteiger partial charge is 0.383 e. The van der Waals surface area contributed by atoms with E-state index >= 15 is 0 Å². The van der Waals surface area contributed by atoms with Gasteiger partial charge in [0.2, 0.25) is 5.91 Å². The Morgan fingerprint density at radius 3 is 3.14 bits per heavy atom. The molecule has 0 spiro atoms. The third kappa shape index (κ3) is 4.07. The predicted molar refractivity (Wildman–Crippen MR) is 55.1 cm³/mol. The van der Waals surface area contributed by atoms with Crippen molar-refractivity contribution in [3.63, 3.8) is 0 Å². The second-order valence-electron chi connectivity index (χ2n) is 3.64. The Balaban J connectivity index is 2.20. The molecular formula is C10H20N2O2. The summed E-state index contributed by atoms with van der Waals surface area (Å²) in [5.74, 6) is 0.115. The van der Waals surface area contributed by atoms with Gasteiger partial charge in [0.05, 0.1) is 12.6 Å². The van der Waals surface area contributed by atoms with Crippen LogP contribution in [0, 0.1) is 0 Å². The average molecular weight is 200 g/mol. The first kappa shape index (κ1) is 11.5. The van der Waals surface area contributed by atoms with E-state index in [9.17, 15) is 4.79 Å². The lowest BCUT2D eigenvalue weighted by Crippen LogP contribution is -2.44. The number of rotatable bonds is 4. The van der Waals surface area contributed by atoms with Gasteiger partial charge in [0.15, 0.2) is 0 Å². The van der Waals surface area contributed by atoms with Crippen LogP contribution in [0.3, 0.4) is 0 Å². The molecule has 1 heterocycles. The van der Waals surface area contributed by atoms with Gasteiger partial charge in [-0.3, -0.25) is 4.79 Å². The van der Waals surface area contributed by atoms with E-state index in [4.69, 9.17) is 4.74 Å². The van der Waals surface area contributed by atoms with Crippen LogP contribution in [0.1, 0.15) is 25.7 Å². The van der Waals surface area contributed by atoms with Crippen molar-refractivity contribution in [3.8, 4) is 0 Å². The number of ether oxygens (including phenoxy) is 1. The van der Waals surface area contributed by atoms with Gasteiger partial charge in [0.25, 0.3) is 0 Å². The summed E-state index contributed by atoms with van der Waals surface area (Å²) in [5.41, 5.74) is 0. The van der Waals surface area contributed by atoms with Crippen molar-refractivity contribution in [3.05, 3.63) is 0 Å². The van der Waals surface area contributed by atoms with Gasteiger partial charge < -0.3 is 15.4 Å². The summed E-state index contributed by atoms with van der Waals surface area (Å²) in [4.78, 5) is 11.6. The highest BCUT2D eigenvalue weighted by Gasteiger charge is 2.18. The fourth-order valence-corrected chi connectivity index (χ4v) is 1.65. The number of methoxy groups -OCH3 is 1. The summed E-state index contributed by atoms with van der Waals surface area (Å²) in [6, 6.07) is 0.00866. The Labute approximate surface area is 85.4 Å². The molecule has 2 N–H and O–H groups in total. The highest BCUT2D eigenvalue weighted by atomic mass is 16.5. The maximum atomic E-state index is 11.6. The summed E-state index contributed by atoms with van der Waals surface area (Å²) >= 11 is 0. The van der Waals surface area contributed by atoms with Crippen LogP contribution in [0.5, 0.6) is 0 Å². The van der Waals surface area contributed by atoms with E-state index in [2.05, 4.69) is 10.6 Å². The number of amides is 1. The van der Waals surface area contributed by atoms with Crippen LogP contribution in [0.2, 0.25) is 0 Å². The van der Waals surface area contributed by atoms with E-state index in [1.54, 1.807) is 7.11 Å². The van der Waals surface area contributed by atoms with Crippen molar-refractivity contribution >= 4 is 5.91 Å². The lowest BCUT2D eigenvalue weighted by Gasteiger charge is -2.15. The monoisotopic (exact) mass is 200 g/mol. The molecule has 1 amide bonds. The molecule has 4 heteroatoms. The molecule has 0 radical (unpaired) electrons. The summed E-state index contributed by atoms with van der Waals surface area (Å²) in [6.07, 6.45) is 4.52. The molecule has 0 saturated carbocycles. The van der Waals surface area contributed by atoms with Crippen molar-refractivity contribution in [2.24, 2.45) is 0 Å². The Kier molecular flexibility index (Phi) is 5.56. The zero-order chi connectivity index (χ0) is 10.2. The summed E-state index contributed by atoms with van der Waals surface area (Å²) in [5, 5.41) is 6.11. The number of nitrogens with one attached hydrogen (secondary N) is 2. The second-order valence-corrected chi connectivity index (χ2v) is 3.64. The minimum absolute atomic E-state index is 0.00866. The number of hydrogen-bond donors (Lipinski definition) is 2. The van der Waals surface area contributed by atoms with Gasteiger partial charge in [-0.2, -0.15) is 0 Å². The third-order valence-electron chi connectivity index (χ3n) is 2.48. The molecule has 0 aliphatic carbocycles. The quantitative estimate of drug-likeness (QED) is 0.641. The fraction of sp³-hybridized carbons (Fsp3) is 0.900. The Hall–Kier alpha value is -0.610. The zero-order valence-electron chi connectivity index (χ0n) is 8.84. The normalized spacial score (nSPS) is 22.8. The van der Waals surface area contributed by atoms with Gasteiger partial charge >= 0.3 is 0 Å². The Bertz CT molecular complexity index is 166. The van der Waals surface area contributed by atoms with Crippen LogP contribution < -0.4 is 10.6 Å². The van der Waals surface area contributed by atoms with Gasteiger partial charge in [-0.05, 0) is 19.4 Å². The van der Waals surface area contributed by atoms with Crippen molar-refractivity contribution in [1.29, 1.82) is 0 Å². The molecule has 14 heavy (non-hydrogen) atoms. The number of carbonyl (C=O) groups excluding carboxylic acids is 1. The zero-order valence-corrected chi connectivity index (χ0v) is 8.84. The molecule has 82 valence electrons. The second kappa shape index (κ2) is 6.79. The summed E-state index contributed by atoms with van der Waals surface area (Å²) < 4.78 is 4.87. The molecule has 1 saturated heterocycles. The van der Waals surface area contributed by atoms with Gasteiger partial charge in [0.1, 0.15) is 0 Å². The first-order valence-electron chi connectivity index (χ1n) is 5.34. The molecular weight excluding hydrogens is 180 g/mol. The predicted octanol–water partition coefficient (Wildman–Crippen LogP) is 0.281. The lowest BCUT2D eigenvalue weighted by molar-refractivity contribution is -0.123. The van der Waals surface area contributed by atoms with Crippen LogP contribution in [-0.4, -0.2) is 38.8 Å². The van der Waals surface area contributed by atoms with E-state index < -0.39 is 0 Å². The van der Waals surface area contributed by atoms with Gasteiger partial charge in [0, 0.05) is 13.7 Å². The van der Waals surface area contributed by atoms with Crippen molar-refractivity contribution in [2.75, 3.05) is 26.8 Å². The average Bonchev–Trinajstić information content (AvgIpc) is 2.46. The van der Waals surface area contributed by atoms with Gasteiger partial charge in [-0.25, -0.2) is 0 Å². The van der Waals surface area contributed by atoms with Crippen LogP contribution >= 0.6 is 0 Å². The molecule has 0 aromatic carbocycles. The molecule has 0 aromatic rings. The highest BCUT2D eigenvalue weighted by Crippen LogP contribution is 2.08. The summed E-state index contributed by atoms with van der Waals surface area (Å²) in [6.45, 7) is 2.15. The molecule has 0 unspecified atom stereocenters. The van der Waals surface area contributed by atoms with Crippen LogP contribution in [0.4, 0.5) is 0 Å². The minimum Gasteiger partial charge on any atom is -0.383 e. The van der Waals surface area contributed by atoms with Crippen LogP contribution in [-0.2, 0) is 9.53 Å². The van der Waals surface area contributed by atoms with E-state index in [1.165, 1.54) is 12.8 Å². The molecule has 1 aliphatic rings. The summed E-state index contributed by atoms with van der Waals surface area (Å²) in [7, 11) is 1.63. The SMILES string of the molecule is COCCNC(=O)[C@H]1CCCCCN1. The number of carbonyl (C=O) groups is 1. The molecule has 1 rings (SSSR count). The van der Waals surface area contributed by atoms with Crippen molar-refractivity contribution in [1.82, 2.24) is 10.6 Å². The number of hydrogen-bond acceptors (Lipinski definition) is 3. The van der Waals surface area contributed by atoms with E-state index in [0.717, 1.165) is 19.4 Å². The lowest BCUT2D eigenvalue weighted by atomic mass is 10.1. The van der Waals surface area contributed by atoms with Crippen molar-refractivity contribution in [2.45, 2.75) is 31.7 Å². The van der Waals surface area contributed by atoms with Gasteiger partial charge in [-0.15, -0.1) is 0 Å². The highest BCUT2D eigenvalue weighted by molar-refractivity contribution is 5.81. The molecule has 0 bridgehead atoms. The third-order valence-corrected chi connectivity index (χ3v) is 2.48. The first-order valence-corrected chi connectivity index (χ1v) is 5.34. The van der Waals surface area contributed by atoms with Crippen LogP contribution in [0.25, 0.3) is 0 Å². The van der Waals surface area contributed by atoms with Crippen LogP contribution in [0.15, 0.2) is 0 Å². The molecule has 4 nitrogen and oxygen atoms in total. The molecule has 1 atom stereocenters. The van der Waals surface area contributed by atoms with E-state index in [0.29, 0.717) is 13.2 Å². The van der Waals surface area contributed by atoms with E-state index in [-0.39, 0.29) is 11.9 Å². The smallest absolute Gasteiger partial charge is 0.237 e. The maximum Gasteiger partial charge on any atom is 0.237 e. The fourth-order valence-electron chi connectivity index (χ4n) is 1.65. The van der Waals surface area contributed by atoms with Crippen molar-refractivity contribution < 1.29 is 9.53 Å². The standard InChI is InChI=1S/C10H20N2O2/c1-14-8-7-12-10(13)9-5-3-2-4-6-11-9/h9,11H,2-8H2,1H3,(H,12,13)/t9-/m1/s1. The molecule has 1 fully saturated rings. The minimum atomic E-state index is 0.00866. The topological polar surface area (TPSA) is 50.4 Å². The molecule has 0 aromatic heterocycles. The maximum absolute atomic E-state index is 11.6. The molecule has 1 aliphatic heterocycles.